The minimum Gasteiger partial charge on any atom is -0.394 e. The molecule has 0 bridgehead atoms. The highest BCUT2D eigenvalue weighted by molar-refractivity contribution is 5.83. The van der Waals surface area contributed by atoms with E-state index in [0.29, 0.717) is 0 Å². The van der Waals surface area contributed by atoms with Gasteiger partial charge in [-0.1, -0.05) is 0 Å². The Morgan fingerprint density at radius 3 is 2.80 bits per heavy atom. The van der Waals surface area contributed by atoms with Gasteiger partial charge in [0.15, 0.2) is 0 Å². The molecule has 2 aliphatic carbocycles. The maximum Gasteiger partial charge on any atom is 0.224 e. The third-order valence-corrected chi connectivity index (χ3v) is 4.18. The first-order valence-corrected chi connectivity index (χ1v) is 5.70. The van der Waals surface area contributed by atoms with Crippen molar-refractivity contribution in [2.24, 2.45) is 11.3 Å². The summed E-state index contributed by atoms with van der Waals surface area (Å²) in [5.41, 5.74) is -0.101. The molecule has 0 aromatic carbocycles. The predicted molar refractivity (Wildman–Crippen MR) is 53.2 cm³/mol. The van der Waals surface area contributed by atoms with Gasteiger partial charge in [-0.3, -0.25) is 4.79 Å². The zero-order valence-corrected chi connectivity index (χ0v) is 8.79. The molecule has 2 unspecified atom stereocenters. The number of aliphatic hydroxyl groups is 1. The standard InChI is InChI=1S/C11H17NO3/c13-6-11(1-2-11)12-9(14)8-5-10(8)3-4-15-7-10/h8,13H,1-7H2,(H,12,14). The Kier molecular flexibility index (Phi) is 1.89. The van der Waals surface area contributed by atoms with Crippen LogP contribution < -0.4 is 5.32 Å². The van der Waals surface area contributed by atoms with Crippen LogP contribution in [-0.2, 0) is 9.53 Å². The molecule has 2 saturated carbocycles. The quantitative estimate of drug-likeness (QED) is 0.693. The van der Waals surface area contributed by atoms with Gasteiger partial charge < -0.3 is 15.2 Å². The number of ether oxygens (including phenoxy) is 1. The number of nitrogens with one attached hydrogen (secondary N) is 1. The van der Waals surface area contributed by atoms with E-state index in [9.17, 15) is 4.79 Å². The van der Waals surface area contributed by atoms with Crippen LogP contribution in [0, 0.1) is 11.3 Å². The summed E-state index contributed by atoms with van der Waals surface area (Å²) in [6, 6.07) is 0. The van der Waals surface area contributed by atoms with Gasteiger partial charge in [0.25, 0.3) is 0 Å². The zero-order valence-electron chi connectivity index (χ0n) is 8.79. The third-order valence-electron chi connectivity index (χ3n) is 4.18. The van der Waals surface area contributed by atoms with E-state index < -0.39 is 0 Å². The Labute approximate surface area is 89.0 Å². The second-order valence-corrected chi connectivity index (χ2v) is 5.35. The number of hydrogen-bond acceptors (Lipinski definition) is 3. The molecule has 1 saturated heterocycles. The Morgan fingerprint density at radius 1 is 1.47 bits per heavy atom. The highest BCUT2D eigenvalue weighted by Gasteiger charge is 2.61. The molecule has 0 radical (unpaired) electrons. The second-order valence-electron chi connectivity index (χ2n) is 5.35. The number of amides is 1. The highest BCUT2D eigenvalue weighted by atomic mass is 16.5. The van der Waals surface area contributed by atoms with Crippen molar-refractivity contribution in [1.82, 2.24) is 5.32 Å². The molecular formula is C11H17NO3. The van der Waals surface area contributed by atoms with E-state index in [1.54, 1.807) is 0 Å². The smallest absolute Gasteiger partial charge is 0.224 e. The number of hydrogen-bond donors (Lipinski definition) is 2. The fourth-order valence-electron chi connectivity index (χ4n) is 2.60. The molecule has 84 valence electrons. The lowest BCUT2D eigenvalue weighted by Crippen LogP contribution is -2.41. The van der Waals surface area contributed by atoms with E-state index in [0.717, 1.165) is 38.9 Å². The largest absolute Gasteiger partial charge is 0.394 e. The van der Waals surface area contributed by atoms with E-state index in [1.807, 2.05) is 0 Å². The fourth-order valence-corrected chi connectivity index (χ4v) is 2.60. The number of carbonyl (C=O) groups excluding carboxylic acids is 1. The number of rotatable bonds is 3. The molecular weight excluding hydrogens is 194 g/mol. The highest BCUT2D eigenvalue weighted by Crippen LogP contribution is 2.58. The Bertz CT molecular complexity index is 292. The molecule has 1 spiro atoms. The van der Waals surface area contributed by atoms with E-state index >= 15 is 0 Å². The van der Waals surface area contributed by atoms with Crippen molar-refractivity contribution in [3.05, 3.63) is 0 Å². The first-order valence-electron chi connectivity index (χ1n) is 5.70. The van der Waals surface area contributed by atoms with E-state index in [-0.39, 0.29) is 29.4 Å². The van der Waals surface area contributed by atoms with E-state index in [2.05, 4.69) is 5.32 Å². The lowest BCUT2D eigenvalue weighted by atomic mass is 10.0. The lowest BCUT2D eigenvalue weighted by Gasteiger charge is -2.15. The van der Waals surface area contributed by atoms with Gasteiger partial charge in [-0.15, -0.1) is 0 Å². The molecule has 1 heterocycles. The topological polar surface area (TPSA) is 58.6 Å². The Hall–Kier alpha value is -0.610. The van der Waals surface area contributed by atoms with Crippen molar-refractivity contribution in [3.8, 4) is 0 Å². The third kappa shape index (κ3) is 1.47. The molecule has 2 N–H and O–H groups in total. The van der Waals surface area contributed by atoms with Crippen LogP contribution in [0.3, 0.4) is 0 Å². The molecule has 4 nitrogen and oxygen atoms in total. The summed E-state index contributed by atoms with van der Waals surface area (Å²) in [4.78, 5) is 11.9. The molecule has 0 aromatic rings. The summed E-state index contributed by atoms with van der Waals surface area (Å²) in [6.45, 7) is 1.63. The van der Waals surface area contributed by atoms with Crippen LogP contribution in [0.4, 0.5) is 0 Å². The summed E-state index contributed by atoms with van der Waals surface area (Å²) in [5.74, 6) is 0.274. The normalized spacial score (nSPS) is 40.5. The summed E-state index contributed by atoms with van der Waals surface area (Å²) < 4.78 is 5.35. The van der Waals surface area contributed by atoms with Crippen molar-refractivity contribution < 1.29 is 14.6 Å². The minimum atomic E-state index is -0.264. The molecule has 1 aliphatic heterocycles. The van der Waals surface area contributed by atoms with Gasteiger partial charge in [-0.25, -0.2) is 0 Å². The van der Waals surface area contributed by atoms with Crippen LogP contribution in [0.5, 0.6) is 0 Å². The van der Waals surface area contributed by atoms with Crippen molar-refractivity contribution in [1.29, 1.82) is 0 Å². The van der Waals surface area contributed by atoms with Gasteiger partial charge >= 0.3 is 0 Å². The molecule has 2 atom stereocenters. The van der Waals surface area contributed by atoms with Crippen LogP contribution in [0.25, 0.3) is 0 Å². The summed E-state index contributed by atoms with van der Waals surface area (Å²) in [6.07, 6.45) is 3.84. The zero-order chi connectivity index (χ0) is 10.5. The summed E-state index contributed by atoms with van der Waals surface area (Å²) in [5, 5.41) is 12.1. The van der Waals surface area contributed by atoms with Crippen LogP contribution in [-0.4, -0.2) is 36.4 Å². The maximum absolute atomic E-state index is 11.9. The molecule has 4 heteroatoms. The molecule has 3 aliphatic rings. The maximum atomic E-state index is 11.9. The second kappa shape index (κ2) is 2.95. The van der Waals surface area contributed by atoms with Crippen molar-refractivity contribution in [2.45, 2.75) is 31.2 Å². The summed E-state index contributed by atoms with van der Waals surface area (Å²) in [7, 11) is 0. The van der Waals surface area contributed by atoms with Gasteiger partial charge in [0.2, 0.25) is 5.91 Å². The SMILES string of the molecule is O=C(NC1(CO)CC1)C1CC12CCOC2. The molecule has 15 heavy (non-hydrogen) atoms. The van der Waals surface area contributed by atoms with E-state index in [4.69, 9.17) is 9.84 Å². The predicted octanol–water partition coefficient (Wildman–Crippen LogP) is 0.0541. The van der Waals surface area contributed by atoms with Crippen LogP contribution in [0.2, 0.25) is 0 Å². The first kappa shape index (κ1) is 9.60. The van der Waals surface area contributed by atoms with E-state index in [1.165, 1.54) is 0 Å². The summed E-state index contributed by atoms with van der Waals surface area (Å²) >= 11 is 0. The van der Waals surface area contributed by atoms with Crippen molar-refractivity contribution in [2.75, 3.05) is 19.8 Å². The van der Waals surface area contributed by atoms with Gasteiger partial charge in [0.1, 0.15) is 0 Å². The molecule has 1 amide bonds. The monoisotopic (exact) mass is 211 g/mol. The fraction of sp³-hybridized carbons (Fsp3) is 0.909. The average Bonchev–Trinajstić information content (AvgIpc) is 3.06. The van der Waals surface area contributed by atoms with Gasteiger partial charge in [0.05, 0.1) is 18.8 Å². The van der Waals surface area contributed by atoms with Crippen molar-refractivity contribution >= 4 is 5.91 Å². The molecule has 3 rings (SSSR count). The molecule has 3 fully saturated rings. The number of aliphatic hydroxyl groups excluding tert-OH is 1. The average molecular weight is 211 g/mol. The van der Waals surface area contributed by atoms with Crippen LogP contribution in [0.15, 0.2) is 0 Å². The van der Waals surface area contributed by atoms with Crippen LogP contribution >= 0.6 is 0 Å². The van der Waals surface area contributed by atoms with Crippen LogP contribution in [0.1, 0.15) is 25.7 Å². The first-order chi connectivity index (χ1) is 7.20. The Balaban J connectivity index is 1.58. The van der Waals surface area contributed by atoms with Gasteiger partial charge in [-0.05, 0) is 25.7 Å². The minimum absolute atomic E-state index is 0.0783. The molecule has 0 aromatic heterocycles. The van der Waals surface area contributed by atoms with Gasteiger partial charge in [0, 0.05) is 17.9 Å². The van der Waals surface area contributed by atoms with Gasteiger partial charge in [-0.2, -0.15) is 0 Å². The Morgan fingerprint density at radius 2 is 2.27 bits per heavy atom. The van der Waals surface area contributed by atoms with Crippen molar-refractivity contribution in [3.63, 3.8) is 0 Å². The number of carbonyl (C=O) groups is 1. The lowest BCUT2D eigenvalue weighted by molar-refractivity contribution is -0.124.